The van der Waals surface area contributed by atoms with Crippen LogP contribution in [0.5, 0.6) is 0 Å². The number of unbranched alkanes of at least 4 members (excludes halogenated alkanes) is 36. The van der Waals surface area contributed by atoms with Crippen molar-refractivity contribution in [3.63, 3.8) is 0 Å². The van der Waals surface area contributed by atoms with Crippen LogP contribution in [0.3, 0.4) is 0 Å². The average molecular weight is 1330 g/mol. The van der Waals surface area contributed by atoms with E-state index in [1.54, 1.807) is 38.4 Å². The van der Waals surface area contributed by atoms with Crippen LogP contribution in [0.15, 0.2) is 170 Å². The van der Waals surface area contributed by atoms with E-state index in [0.29, 0.717) is 0 Å². The monoisotopic (exact) mass is 1330 g/mol. The summed E-state index contributed by atoms with van der Waals surface area (Å²) in [4.78, 5) is 0. The largest absolute Gasteiger partial charge is 0.0654 e. The molecule has 10 aromatic rings. The molecular weight excluding hydrogens is 1200 g/mol. The number of hydrogen-bond donors (Lipinski definition) is 0. The molecule has 10 aromatic carbocycles. The molecule has 0 heterocycles. The van der Waals surface area contributed by atoms with E-state index in [-0.39, 0.29) is 0 Å². The molecule has 0 fully saturated rings. The summed E-state index contributed by atoms with van der Waals surface area (Å²) in [5, 5.41) is 12.0. The summed E-state index contributed by atoms with van der Waals surface area (Å²) in [5.74, 6) is 0. The zero-order valence-electron chi connectivity index (χ0n) is 63.3. The van der Waals surface area contributed by atoms with Crippen LogP contribution in [0.25, 0.3) is 110 Å². The molecule has 0 amide bonds. The normalized spacial score (nSPS) is 12.0. The summed E-state index contributed by atoms with van der Waals surface area (Å²) in [6.07, 6.45) is 59.1. The van der Waals surface area contributed by atoms with Gasteiger partial charge in [0.1, 0.15) is 0 Å². The molecule has 1 aliphatic rings. The molecule has 0 aliphatic heterocycles. The lowest BCUT2D eigenvalue weighted by molar-refractivity contribution is 0.553. The fourth-order valence-electron chi connectivity index (χ4n) is 17.9. The SMILES string of the molecule is CCCCCCCCCCCCc1ccc2c(c1CCCCCCCCCCCC)c(CCCCCCCCCCCC)c(CCCCCCCCCCCC)c1c2c2c(c3ccc4c(-c5ccccc5)c(-c5ccccc5)c(-c5ccccc5)c(-c5ccccc5)c4c31)-c1ccccc1-2. The molecule has 528 valence electrons. The third-order valence-electron chi connectivity index (χ3n) is 23.2. The molecule has 0 atom stereocenters. The van der Waals surface area contributed by atoms with E-state index in [0.717, 1.165) is 12.8 Å². The lowest BCUT2D eigenvalue weighted by Gasteiger charge is -2.33. The lowest BCUT2D eigenvalue weighted by Crippen LogP contribution is -2.09. The lowest BCUT2D eigenvalue weighted by atomic mass is 9.69. The molecule has 0 saturated heterocycles. The van der Waals surface area contributed by atoms with Crippen LogP contribution in [0, 0.1) is 0 Å². The van der Waals surface area contributed by atoms with Crippen LogP contribution in [-0.2, 0) is 25.7 Å². The van der Waals surface area contributed by atoms with Crippen molar-refractivity contribution in [1.29, 1.82) is 0 Å². The van der Waals surface area contributed by atoms with Crippen LogP contribution in [0.4, 0.5) is 0 Å². The number of fused-ring (bicyclic) bond motifs is 13. The Hall–Kier alpha value is -6.76. The second-order valence-corrected chi connectivity index (χ2v) is 30.7. The molecule has 0 bridgehead atoms. The Kier molecular flexibility index (Phi) is 30.3. The summed E-state index contributed by atoms with van der Waals surface area (Å²) in [6.45, 7) is 9.39. The Labute approximate surface area is 608 Å². The van der Waals surface area contributed by atoms with Gasteiger partial charge >= 0.3 is 0 Å². The maximum absolute atomic E-state index is 2.73. The molecular formula is C100H128. The van der Waals surface area contributed by atoms with Gasteiger partial charge in [-0.25, -0.2) is 0 Å². The van der Waals surface area contributed by atoms with Gasteiger partial charge in [-0.3, -0.25) is 0 Å². The minimum atomic E-state index is 1.11. The highest BCUT2D eigenvalue weighted by Gasteiger charge is 2.34. The van der Waals surface area contributed by atoms with Gasteiger partial charge in [-0.2, -0.15) is 0 Å². The van der Waals surface area contributed by atoms with Crippen LogP contribution < -0.4 is 0 Å². The molecule has 100 heavy (non-hydrogen) atoms. The molecule has 0 nitrogen and oxygen atoms in total. The molecule has 11 rings (SSSR count). The number of rotatable bonds is 48. The first-order chi connectivity index (χ1) is 49.7. The molecule has 0 aromatic heterocycles. The summed E-state index contributed by atoms with van der Waals surface area (Å²) in [6, 6.07) is 66.5. The van der Waals surface area contributed by atoms with Gasteiger partial charge in [-0.05, 0) is 183 Å². The standard InChI is InChI=1S/C100H128/c1-5-9-13-17-21-25-29-33-37-45-59-77-73-74-88-94(82(77)68-54-38-34-30-26-22-18-14-10-6-2)83(69-55-39-35-31-27-23-19-15-11-7-3)85(70-56-40-36-32-28-24-20-16-12-8-4)97-99(88)96-86-72-58-57-71-84(86)95(96)89-76-75-87-90(78-60-46-41-47-61-78)91(79-62-48-42-49-63-79)92(80-64-50-43-51-65-80)93(98(87)100(89)97)81-66-52-44-53-67-81/h41-44,46-53,57-58,60-67,71-76H,5-40,45,54-56,59,68-70H2,1-4H3. The van der Waals surface area contributed by atoms with Gasteiger partial charge in [0.15, 0.2) is 0 Å². The zero-order valence-corrected chi connectivity index (χ0v) is 63.3. The molecule has 0 saturated carbocycles. The highest BCUT2D eigenvalue weighted by molar-refractivity contribution is 6.40. The third-order valence-corrected chi connectivity index (χ3v) is 23.2. The smallest absolute Gasteiger partial charge is 0.000730 e. The van der Waals surface area contributed by atoms with E-state index >= 15 is 0 Å². The second-order valence-electron chi connectivity index (χ2n) is 30.7. The maximum atomic E-state index is 2.73. The van der Waals surface area contributed by atoms with Crippen LogP contribution >= 0.6 is 0 Å². The number of aryl methyl sites for hydroxylation is 4. The quantitative estimate of drug-likeness (QED) is 0.0263. The van der Waals surface area contributed by atoms with E-state index in [1.807, 2.05) is 0 Å². The number of benzene rings is 10. The predicted molar refractivity (Wildman–Crippen MR) is 445 cm³/mol. The van der Waals surface area contributed by atoms with Gasteiger partial charge in [0.25, 0.3) is 0 Å². The Morgan fingerprint density at radius 2 is 0.450 bits per heavy atom. The average Bonchev–Trinajstić information content (AvgIpc) is 0.671. The van der Waals surface area contributed by atoms with Crippen molar-refractivity contribution in [1.82, 2.24) is 0 Å². The summed E-state index contributed by atoms with van der Waals surface area (Å²) in [5.41, 5.74) is 23.1. The van der Waals surface area contributed by atoms with Gasteiger partial charge in [0.2, 0.25) is 0 Å². The van der Waals surface area contributed by atoms with Gasteiger partial charge in [0, 0.05) is 0 Å². The summed E-state index contributed by atoms with van der Waals surface area (Å²) >= 11 is 0. The van der Waals surface area contributed by atoms with Crippen molar-refractivity contribution in [2.45, 2.75) is 310 Å². The highest BCUT2D eigenvalue weighted by atomic mass is 14.4. The Morgan fingerprint density at radius 3 is 0.850 bits per heavy atom. The van der Waals surface area contributed by atoms with Gasteiger partial charge < -0.3 is 0 Å². The Morgan fingerprint density at radius 1 is 0.170 bits per heavy atom. The van der Waals surface area contributed by atoms with Crippen LogP contribution in [0.1, 0.15) is 307 Å². The first-order valence-corrected chi connectivity index (χ1v) is 42.0. The van der Waals surface area contributed by atoms with E-state index < -0.39 is 0 Å². The summed E-state index contributed by atoms with van der Waals surface area (Å²) < 4.78 is 0. The molecule has 0 N–H and O–H groups in total. The van der Waals surface area contributed by atoms with Crippen molar-refractivity contribution in [2.75, 3.05) is 0 Å². The van der Waals surface area contributed by atoms with Gasteiger partial charge in [0.05, 0.1) is 0 Å². The minimum absolute atomic E-state index is 1.11. The van der Waals surface area contributed by atoms with Crippen LogP contribution in [-0.4, -0.2) is 0 Å². The maximum Gasteiger partial charge on any atom is -0.000730 e. The van der Waals surface area contributed by atoms with E-state index in [4.69, 9.17) is 0 Å². The van der Waals surface area contributed by atoms with Gasteiger partial charge in [-0.1, -0.05) is 429 Å². The predicted octanol–water partition coefficient (Wildman–Crippen LogP) is 32.5. The fourth-order valence-corrected chi connectivity index (χ4v) is 17.9. The zero-order chi connectivity index (χ0) is 68.8. The van der Waals surface area contributed by atoms with E-state index in [9.17, 15) is 0 Å². The van der Waals surface area contributed by atoms with Crippen molar-refractivity contribution >= 4 is 43.1 Å². The first kappa shape index (κ1) is 74.4. The minimum Gasteiger partial charge on any atom is -0.0654 e. The summed E-state index contributed by atoms with van der Waals surface area (Å²) in [7, 11) is 0. The molecule has 0 spiro atoms. The van der Waals surface area contributed by atoms with E-state index in [2.05, 4.69) is 198 Å². The van der Waals surface area contributed by atoms with Crippen molar-refractivity contribution in [3.05, 3.63) is 192 Å². The molecule has 0 unspecified atom stereocenters. The molecule has 0 radical (unpaired) electrons. The Bertz CT molecular complexity index is 4050. The topological polar surface area (TPSA) is 0 Å². The first-order valence-electron chi connectivity index (χ1n) is 42.0. The van der Waals surface area contributed by atoms with Crippen LogP contribution in [0.2, 0.25) is 0 Å². The Balaban J connectivity index is 1.19. The van der Waals surface area contributed by atoms with E-state index in [1.165, 1.54) is 363 Å². The molecule has 1 aliphatic carbocycles. The highest BCUT2D eigenvalue weighted by Crippen LogP contribution is 2.61. The van der Waals surface area contributed by atoms with Crippen molar-refractivity contribution in [2.24, 2.45) is 0 Å². The third kappa shape index (κ3) is 18.9. The number of hydrogen-bond acceptors (Lipinski definition) is 0. The second kappa shape index (κ2) is 40.8. The van der Waals surface area contributed by atoms with Crippen molar-refractivity contribution < 1.29 is 0 Å². The van der Waals surface area contributed by atoms with Gasteiger partial charge in [-0.15, -0.1) is 0 Å². The van der Waals surface area contributed by atoms with Crippen molar-refractivity contribution in [3.8, 4) is 66.8 Å². The fraction of sp³-hybridized carbons (Fsp3) is 0.480. The molecule has 0 heteroatoms.